The number of benzene rings is 1. The first kappa shape index (κ1) is 18.3. The van der Waals surface area contributed by atoms with Crippen LogP contribution >= 0.6 is 12.4 Å². The maximum absolute atomic E-state index is 12.7. The standard InChI is InChI=1S/C17H21N3O3.ClH/c1-12-15(13(2)23-19-12)11-22-16-6-4-3-5-14(16)17(21)20-9-7-18-8-10-20;/h3-6,18H,7-11H2,1-2H3;1H. The lowest BCUT2D eigenvalue weighted by atomic mass is 10.1. The number of aromatic nitrogens is 1. The third kappa shape index (κ3) is 3.88. The average Bonchev–Trinajstić information content (AvgIpc) is 2.92. The second-order valence-electron chi connectivity index (χ2n) is 5.63. The maximum atomic E-state index is 12.7. The molecule has 0 radical (unpaired) electrons. The minimum absolute atomic E-state index is 0. The molecule has 0 unspecified atom stereocenters. The third-order valence-electron chi connectivity index (χ3n) is 4.07. The minimum atomic E-state index is 0. The molecule has 1 amide bonds. The predicted molar refractivity (Wildman–Crippen MR) is 92.8 cm³/mol. The topological polar surface area (TPSA) is 67.6 Å². The van der Waals surface area contributed by atoms with Crippen LogP contribution in [0.4, 0.5) is 0 Å². The molecular formula is C17H22ClN3O3. The largest absolute Gasteiger partial charge is 0.488 e. The number of para-hydroxylation sites is 1. The smallest absolute Gasteiger partial charge is 0.257 e. The molecule has 1 fully saturated rings. The Morgan fingerprint density at radius 3 is 2.67 bits per heavy atom. The summed E-state index contributed by atoms with van der Waals surface area (Å²) in [5.74, 6) is 1.35. The Labute approximate surface area is 147 Å². The number of nitrogens with one attached hydrogen (secondary N) is 1. The van der Waals surface area contributed by atoms with Gasteiger partial charge in [0.25, 0.3) is 5.91 Å². The minimum Gasteiger partial charge on any atom is -0.488 e. The Kier molecular flexibility index (Phi) is 6.23. The monoisotopic (exact) mass is 351 g/mol. The van der Waals surface area contributed by atoms with Gasteiger partial charge in [-0.05, 0) is 26.0 Å². The van der Waals surface area contributed by atoms with Crippen LogP contribution in [0.15, 0.2) is 28.8 Å². The molecular weight excluding hydrogens is 330 g/mol. The molecule has 3 rings (SSSR count). The number of aryl methyl sites for hydroxylation is 2. The molecule has 1 aliphatic rings. The van der Waals surface area contributed by atoms with Crippen LogP contribution in [0, 0.1) is 13.8 Å². The first-order valence-corrected chi connectivity index (χ1v) is 7.80. The van der Waals surface area contributed by atoms with E-state index < -0.39 is 0 Å². The van der Waals surface area contributed by atoms with Crippen molar-refractivity contribution in [2.75, 3.05) is 26.2 Å². The van der Waals surface area contributed by atoms with Gasteiger partial charge < -0.3 is 19.5 Å². The van der Waals surface area contributed by atoms with Crippen LogP contribution in [0.1, 0.15) is 27.4 Å². The molecule has 130 valence electrons. The Morgan fingerprint density at radius 2 is 2.00 bits per heavy atom. The number of halogens is 1. The fraction of sp³-hybridized carbons (Fsp3) is 0.412. The highest BCUT2D eigenvalue weighted by Gasteiger charge is 2.21. The van der Waals surface area contributed by atoms with E-state index in [1.165, 1.54) is 0 Å². The highest BCUT2D eigenvalue weighted by Crippen LogP contribution is 2.23. The zero-order valence-corrected chi connectivity index (χ0v) is 14.7. The first-order valence-electron chi connectivity index (χ1n) is 7.80. The summed E-state index contributed by atoms with van der Waals surface area (Å²) in [5, 5.41) is 7.17. The van der Waals surface area contributed by atoms with E-state index in [1.54, 1.807) is 0 Å². The van der Waals surface area contributed by atoms with Gasteiger partial charge in [0, 0.05) is 26.2 Å². The van der Waals surface area contributed by atoms with Crippen molar-refractivity contribution in [1.82, 2.24) is 15.4 Å². The van der Waals surface area contributed by atoms with Gasteiger partial charge in [0.2, 0.25) is 0 Å². The molecule has 0 atom stereocenters. The van der Waals surface area contributed by atoms with Crippen molar-refractivity contribution in [3.8, 4) is 5.75 Å². The molecule has 2 heterocycles. The van der Waals surface area contributed by atoms with Gasteiger partial charge in [-0.25, -0.2) is 0 Å². The summed E-state index contributed by atoms with van der Waals surface area (Å²) in [6, 6.07) is 7.37. The third-order valence-corrected chi connectivity index (χ3v) is 4.07. The molecule has 6 nitrogen and oxygen atoms in total. The number of piperazine rings is 1. The number of rotatable bonds is 4. The molecule has 1 saturated heterocycles. The number of carbonyl (C=O) groups excluding carboxylic acids is 1. The first-order chi connectivity index (χ1) is 11.2. The van der Waals surface area contributed by atoms with Crippen molar-refractivity contribution < 1.29 is 14.1 Å². The van der Waals surface area contributed by atoms with E-state index in [9.17, 15) is 4.79 Å². The van der Waals surface area contributed by atoms with Crippen LogP contribution in [-0.2, 0) is 6.61 Å². The quantitative estimate of drug-likeness (QED) is 0.915. The molecule has 24 heavy (non-hydrogen) atoms. The van der Waals surface area contributed by atoms with Crippen molar-refractivity contribution in [2.24, 2.45) is 0 Å². The van der Waals surface area contributed by atoms with Gasteiger partial charge >= 0.3 is 0 Å². The van der Waals surface area contributed by atoms with Gasteiger partial charge in [-0.3, -0.25) is 4.79 Å². The summed E-state index contributed by atoms with van der Waals surface area (Å²) in [5.41, 5.74) is 2.34. The van der Waals surface area contributed by atoms with Gasteiger partial charge in [0.1, 0.15) is 18.1 Å². The zero-order valence-electron chi connectivity index (χ0n) is 13.9. The van der Waals surface area contributed by atoms with Gasteiger partial charge in [0.05, 0.1) is 16.8 Å². The van der Waals surface area contributed by atoms with Gasteiger partial charge in [-0.15, -0.1) is 12.4 Å². The summed E-state index contributed by atoms with van der Waals surface area (Å²) in [6.45, 7) is 7.17. The molecule has 1 aromatic heterocycles. The highest BCUT2D eigenvalue weighted by molar-refractivity contribution is 5.97. The fourth-order valence-electron chi connectivity index (χ4n) is 2.67. The zero-order chi connectivity index (χ0) is 16.2. The average molecular weight is 352 g/mol. The molecule has 1 aliphatic heterocycles. The van der Waals surface area contributed by atoms with Crippen molar-refractivity contribution >= 4 is 18.3 Å². The van der Waals surface area contributed by atoms with E-state index in [-0.39, 0.29) is 18.3 Å². The number of carbonyl (C=O) groups is 1. The highest BCUT2D eigenvalue weighted by atomic mass is 35.5. The lowest BCUT2D eigenvalue weighted by Gasteiger charge is -2.28. The van der Waals surface area contributed by atoms with E-state index in [0.717, 1.165) is 43.2 Å². The summed E-state index contributed by atoms with van der Waals surface area (Å²) in [6.07, 6.45) is 0. The molecule has 7 heteroatoms. The number of ether oxygens (including phenoxy) is 1. The Hall–Kier alpha value is -2.05. The SMILES string of the molecule is Cc1noc(C)c1COc1ccccc1C(=O)N1CCNCC1.Cl. The van der Waals surface area contributed by atoms with E-state index in [4.69, 9.17) is 9.26 Å². The van der Waals surface area contributed by atoms with Crippen molar-refractivity contribution in [3.63, 3.8) is 0 Å². The van der Waals surface area contributed by atoms with E-state index in [2.05, 4.69) is 10.5 Å². The number of nitrogens with zero attached hydrogens (tertiary/aromatic N) is 2. The number of hydrogen-bond acceptors (Lipinski definition) is 5. The van der Waals surface area contributed by atoms with Crippen molar-refractivity contribution in [1.29, 1.82) is 0 Å². The Morgan fingerprint density at radius 1 is 1.29 bits per heavy atom. The molecule has 2 aromatic rings. The van der Waals surface area contributed by atoms with Crippen LogP contribution in [0.3, 0.4) is 0 Å². The van der Waals surface area contributed by atoms with Crippen LogP contribution < -0.4 is 10.1 Å². The second-order valence-corrected chi connectivity index (χ2v) is 5.63. The summed E-state index contributed by atoms with van der Waals surface area (Å²) >= 11 is 0. The normalized spacial score (nSPS) is 14.2. The van der Waals surface area contributed by atoms with Gasteiger partial charge in [-0.1, -0.05) is 17.3 Å². The Bertz CT molecular complexity index is 677. The maximum Gasteiger partial charge on any atom is 0.257 e. The lowest BCUT2D eigenvalue weighted by Crippen LogP contribution is -2.46. The lowest BCUT2D eigenvalue weighted by molar-refractivity contribution is 0.0731. The van der Waals surface area contributed by atoms with Crippen LogP contribution in [-0.4, -0.2) is 42.1 Å². The molecule has 0 bridgehead atoms. The van der Waals surface area contributed by atoms with Crippen LogP contribution in [0.25, 0.3) is 0 Å². The van der Waals surface area contributed by atoms with E-state index in [0.29, 0.717) is 17.9 Å². The summed E-state index contributed by atoms with van der Waals surface area (Å²) in [7, 11) is 0. The number of hydrogen-bond donors (Lipinski definition) is 1. The van der Waals surface area contributed by atoms with E-state index in [1.807, 2.05) is 43.0 Å². The second kappa shape index (κ2) is 8.17. The predicted octanol–water partition coefficient (Wildman–Crippen LogP) is 2.34. The van der Waals surface area contributed by atoms with Gasteiger partial charge in [0.15, 0.2) is 0 Å². The van der Waals surface area contributed by atoms with Crippen LogP contribution in [0.2, 0.25) is 0 Å². The molecule has 1 N–H and O–H groups in total. The molecule has 0 saturated carbocycles. The Balaban J connectivity index is 0.00000208. The fourth-order valence-corrected chi connectivity index (χ4v) is 2.67. The molecule has 0 spiro atoms. The number of amides is 1. The summed E-state index contributed by atoms with van der Waals surface area (Å²) < 4.78 is 11.0. The van der Waals surface area contributed by atoms with E-state index >= 15 is 0 Å². The molecule has 1 aromatic carbocycles. The van der Waals surface area contributed by atoms with Crippen molar-refractivity contribution in [2.45, 2.75) is 20.5 Å². The molecule has 0 aliphatic carbocycles. The summed E-state index contributed by atoms with van der Waals surface area (Å²) in [4.78, 5) is 14.6. The van der Waals surface area contributed by atoms with Crippen molar-refractivity contribution in [3.05, 3.63) is 46.8 Å². The van der Waals surface area contributed by atoms with Gasteiger partial charge in [-0.2, -0.15) is 0 Å². The van der Waals surface area contributed by atoms with Crippen LogP contribution in [0.5, 0.6) is 5.75 Å².